The van der Waals surface area contributed by atoms with E-state index in [1.165, 1.54) is 6.07 Å². The maximum absolute atomic E-state index is 13.6. The molecule has 0 aromatic heterocycles. The van der Waals surface area contributed by atoms with Crippen LogP contribution < -0.4 is 5.32 Å². The van der Waals surface area contributed by atoms with Gasteiger partial charge in [-0.1, -0.05) is 18.2 Å². The van der Waals surface area contributed by atoms with Gasteiger partial charge in [-0.15, -0.1) is 0 Å². The van der Waals surface area contributed by atoms with E-state index >= 15 is 0 Å². The van der Waals surface area contributed by atoms with Crippen molar-refractivity contribution in [1.29, 1.82) is 0 Å². The molecule has 2 atom stereocenters. The zero-order chi connectivity index (χ0) is 11.7. The van der Waals surface area contributed by atoms with E-state index in [0.29, 0.717) is 12.2 Å². The summed E-state index contributed by atoms with van der Waals surface area (Å²) in [5.74, 6) is 0.543. The molecule has 17 heavy (non-hydrogen) atoms. The third kappa shape index (κ3) is 2.05. The Balaban J connectivity index is 1.80. The molecule has 1 N–H and O–H groups in total. The van der Waals surface area contributed by atoms with Crippen molar-refractivity contribution in [2.75, 3.05) is 13.2 Å². The number of hydrogen-bond donors (Lipinski definition) is 1. The Morgan fingerprint density at radius 2 is 2.24 bits per heavy atom. The summed E-state index contributed by atoms with van der Waals surface area (Å²) in [5.41, 5.74) is 0.625. The molecule has 0 aliphatic carbocycles. The van der Waals surface area contributed by atoms with Gasteiger partial charge in [-0.25, -0.2) is 9.38 Å². The Hall–Kier alpha value is -1.42. The van der Waals surface area contributed by atoms with Gasteiger partial charge >= 0.3 is 0 Å². The summed E-state index contributed by atoms with van der Waals surface area (Å²) in [6.45, 7) is 1.46. The topological polar surface area (TPSA) is 33.6 Å². The summed E-state index contributed by atoms with van der Waals surface area (Å²) in [7, 11) is 0. The number of benzene rings is 1. The Bertz CT molecular complexity index is 441. The van der Waals surface area contributed by atoms with Gasteiger partial charge in [-0.05, 0) is 25.5 Å². The molecule has 2 aliphatic heterocycles. The zero-order valence-electron chi connectivity index (χ0n) is 9.53. The SMILES string of the molecule is Fc1ccccc1C1COC(C2CCCN2)=N1. The fourth-order valence-electron chi connectivity index (χ4n) is 2.38. The number of nitrogens with one attached hydrogen (secondary N) is 1. The van der Waals surface area contributed by atoms with Crippen LogP contribution in [0.4, 0.5) is 4.39 Å². The van der Waals surface area contributed by atoms with Gasteiger partial charge in [0.1, 0.15) is 18.5 Å². The fraction of sp³-hybridized carbons (Fsp3) is 0.462. The summed E-state index contributed by atoms with van der Waals surface area (Å²) in [4.78, 5) is 4.49. The Morgan fingerprint density at radius 1 is 1.35 bits per heavy atom. The number of ether oxygens (including phenoxy) is 1. The van der Waals surface area contributed by atoms with Gasteiger partial charge in [0, 0.05) is 5.56 Å². The summed E-state index contributed by atoms with van der Waals surface area (Å²) in [6, 6.07) is 6.81. The molecule has 2 heterocycles. The first-order valence-corrected chi connectivity index (χ1v) is 6.03. The van der Waals surface area contributed by atoms with Gasteiger partial charge < -0.3 is 10.1 Å². The van der Waals surface area contributed by atoms with E-state index in [1.54, 1.807) is 12.1 Å². The number of hydrogen-bond acceptors (Lipinski definition) is 3. The van der Waals surface area contributed by atoms with E-state index < -0.39 is 0 Å². The first-order chi connectivity index (χ1) is 8.34. The van der Waals surface area contributed by atoms with Crippen LogP contribution >= 0.6 is 0 Å². The third-order valence-electron chi connectivity index (χ3n) is 3.29. The van der Waals surface area contributed by atoms with Crippen molar-refractivity contribution in [2.24, 2.45) is 4.99 Å². The number of nitrogens with zero attached hydrogens (tertiary/aromatic N) is 1. The highest BCUT2D eigenvalue weighted by Gasteiger charge is 2.29. The molecule has 0 amide bonds. The second-order valence-electron chi connectivity index (χ2n) is 4.46. The van der Waals surface area contributed by atoms with Gasteiger partial charge in [-0.3, -0.25) is 0 Å². The number of aliphatic imine (C=N–C) groups is 1. The van der Waals surface area contributed by atoms with Crippen LogP contribution in [0.5, 0.6) is 0 Å². The van der Waals surface area contributed by atoms with Gasteiger partial charge in [0.25, 0.3) is 0 Å². The molecule has 1 fully saturated rings. The zero-order valence-corrected chi connectivity index (χ0v) is 9.53. The van der Waals surface area contributed by atoms with Crippen molar-refractivity contribution >= 4 is 5.90 Å². The average molecular weight is 234 g/mol. The molecule has 3 nitrogen and oxygen atoms in total. The Kier molecular flexibility index (Phi) is 2.81. The highest BCUT2D eigenvalue weighted by Crippen LogP contribution is 2.27. The quantitative estimate of drug-likeness (QED) is 0.849. The minimum absolute atomic E-state index is 0.186. The van der Waals surface area contributed by atoms with Crippen molar-refractivity contribution in [3.63, 3.8) is 0 Å². The molecule has 1 aromatic carbocycles. The van der Waals surface area contributed by atoms with Crippen LogP contribution in [0, 0.1) is 5.82 Å². The minimum atomic E-state index is -0.203. The van der Waals surface area contributed by atoms with Gasteiger partial charge in [0.05, 0.1) is 6.04 Å². The lowest BCUT2D eigenvalue weighted by atomic mass is 10.1. The van der Waals surface area contributed by atoms with Crippen molar-refractivity contribution in [2.45, 2.75) is 24.9 Å². The molecule has 4 heteroatoms. The molecule has 90 valence electrons. The summed E-state index contributed by atoms with van der Waals surface area (Å²) in [6.07, 6.45) is 2.21. The van der Waals surface area contributed by atoms with Crippen LogP contribution in [0.2, 0.25) is 0 Å². The van der Waals surface area contributed by atoms with Crippen LogP contribution in [-0.2, 0) is 4.74 Å². The molecule has 1 aromatic rings. The van der Waals surface area contributed by atoms with Crippen molar-refractivity contribution < 1.29 is 9.13 Å². The first kappa shape index (κ1) is 10.7. The molecule has 3 rings (SSSR count). The van der Waals surface area contributed by atoms with E-state index in [9.17, 15) is 4.39 Å². The van der Waals surface area contributed by atoms with Gasteiger partial charge in [0.15, 0.2) is 0 Å². The molecule has 1 saturated heterocycles. The maximum Gasteiger partial charge on any atom is 0.201 e. The van der Waals surface area contributed by atoms with Crippen LogP contribution in [0.25, 0.3) is 0 Å². The third-order valence-corrected chi connectivity index (χ3v) is 3.29. The number of halogens is 1. The van der Waals surface area contributed by atoms with Crippen LogP contribution in [0.1, 0.15) is 24.4 Å². The molecular weight excluding hydrogens is 219 g/mol. The predicted octanol–water partition coefficient (Wildman–Crippen LogP) is 2.05. The highest BCUT2D eigenvalue weighted by molar-refractivity contribution is 5.83. The Morgan fingerprint density at radius 3 is 3.00 bits per heavy atom. The molecule has 2 unspecified atom stereocenters. The minimum Gasteiger partial charge on any atom is -0.477 e. The second-order valence-corrected chi connectivity index (χ2v) is 4.46. The summed E-state index contributed by atoms with van der Waals surface area (Å²) < 4.78 is 19.2. The average Bonchev–Trinajstić information content (AvgIpc) is 3.00. The van der Waals surface area contributed by atoms with E-state index in [2.05, 4.69) is 10.3 Å². The van der Waals surface area contributed by atoms with E-state index in [1.807, 2.05) is 6.07 Å². The number of rotatable bonds is 2. The maximum atomic E-state index is 13.6. The molecule has 0 radical (unpaired) electrons. The van der Waals surface area contributed by atoms with Crippen molar-refractivity contribution in [3.05, 3.63) is 35.6 Å². The van der Waals surface area contributed by atoms with E-state index in [4.69, 9.17) is 4.74 Å². The molecule has 0 saturated carbocycles. The Labute approximate surface area is 99.7 Å². The van der Waals surface area contributed by atoms with Gasteiger partial charge in [0.2, 0.25) is 5.90 Å². The molecular formula is C13H15FN2O. The van der Waals surface area contributed by atoms with E-state index in [-0.39, 0.29) is 17.9 Å². The molecule has 0 spiro atoms. The fourth-order valence-corrected chi connectivity index (χ4v) is 2.38. The largest absolute Gasteiger partial charge is 0.477 e. The predicted molar refractivity (Wildman–Crippen MR) is 63.6 cm³/mol. The van der Waals surface area contributed by atoms with E-state index in [0.717, 1.165) is 25.3 Å². The summed E-state index contributed by atoms with van der Waals surface area (Å²) in [5, 5.41) is 3.34. The van der Waals surface area contributed by atoms with Crippen LogP contribution in [0.15, 0.2) is 29.3 Å². The van der Waals surface area contributed by atoms with Gasteiger partial charge in [-0.2, -0.15) is 0 Å². The molecule has 2 aliphatic rings. The standard InChI is InChI=1S/C13H15FN2O/c14-10-5-2-1-4-9(10)12-8-17-13(16-12)11-6-3-7-15-11/h1-2,4-5,11-12,15H,3,6-8H2. The van der Waals surface area contributed by atoms with Crippen molar-refractivity contribution in [1.82, 2.24) is 5.32 Å². The lowest BCUT2D eigenvalue weighted by Crippen LogP contribution is -2.30. The monoisotopic (exact) mass is 234 g/mol. The molecule has 0 bridgehead atoms. The normalized spacial score (nSPS) is 27.9. The first-order valence-electron chi connectivity index (χ1n) is 6.03. The lowest BCUT2D eigenvalue weighted by molar-refractivity contribution is 0.302. The second kappa shape index (κ2) is 4.45. The highest BCUT2D eigenvalue weighted by atomic mass is 19.1. The van der Waals surface area contributed by atoms with Crippen LogP contribution in [0.3, 0.4) is 0 Å². The van der Waals surface area contributed by atoms with Crippen LogP contribution in [-0.4, -0.2) is 25.1 Å². The smallest absolute Gasteiger partial charge is 0.201 e. The summed E-state index contributed by atoms with van der Waals surface area (Å²) >= 11 is 0. The lowest BCUT2D eigenvalue weighted by Gasteiger charge is -2.08. The van der Waals surface area contributed by atoms with Crippen molar-refractivity contribution in [3.8, 4) is 0 Å².